The van der Waals surface area contributed by atoms with Crippen molar-refractivity contribution in [3.05, 3.63) is 35.4 Å². The van der Waals surface area contributed by atoms with E-state index in [0.29, 0.717) is 5.56 Å². The topological polar surface area (TPSA) is 59.1 Å². The van der Waals surface area contributed by atoms with E-state index >= 15 is 0 Å². The Morgan fingerprint density at radius 3 is 2.38 bits per heavy atom. The molecule has 1 aromatic rings. The van der Waals surface area contributed by atoms with Gasteiger partial charge in [0.1, 0.15) is 5.84 Å². The van der Waals surface area contributed by atoms with Gasteiger partial charge in [-0.05, 0) is 5.56 Å². The predicted octanol–water partition coefficient (Wildman–Crippen LogP) is 2.26. The van der Waals surface area contributed by atoms with Crippen molar-refractivity contribution in [2.24, 2.45) is 11.7 Å². The zero-order valence-corrected chi connectivity index (χ0v) is 9.53. The molecular formula is C12H17FN2O. The number of rotatable bonds is 5. The van der Waals surface area contributed by atoms with Crippen molar-refractivity contribution in [1.29, 1.82) is 5.41 Å². The minimum atomic E-state index is -0.424. The molecule has 1 rings (SSSR count). The first-order valence-electron chi connectivity index (χ1n) is 5.13. The number of halogens is 1. The van der Waals surface area contributed by atoms with Gasteiger partial charge in [-0.25, -0.2) is 0 Å². The largest absolute Gasteiger partial charge is 0.384 e. The fourth-order valence-corrected chi connectivity index (χ4v) is 1.63. The lowest BCUT2D eigenvalue weighted by molar-refractivity contribution is 0.0479. The molecular weight excluding hydrogens is 207 g/mol. The van der Waals surface area contributed by atoms with Gasteiger partial charge in [0, 0.05) is 18.6 Å². The van der Waals surface area contributed by atoms with Crippen LogP contribution in [0.2, 0.25) is 0 Å². The van der Waals surface area contributed by atoms with Crippen LogP contribution in [0.3, 0.4) is 0 Å². The Morgan fingerprint density at radius 2 is 2.00 bits per heavy atom. The SMILES string of the molecule is CO[C@H](c1ccc(C(=N)N)cc1)[C@H](C)CF. The summed E-state index contributed by atoms with van der Waals surface area (Å²) in [5.41, 5.74) is 6.91. The predicted molar refractivity (Wildman–Crippen MR) is 62.3 cm³/mol. The summed E-state index contributed by atoms with van der Waals surface area (Å²) in [6, 6.07) is 7.12. The van der Waals surface area contributed by atoms with Crippen LogP contribution in [-0.2, 0) is 4.74 Å². The van der Waals surface area contributed by atoms with Crippen LogP contribution in [0, 0.1) is 11.3 Å². The van der Waals surface area contributed by atoms with Gasteiger partial charge in [0.2, 0.25) is 0 Å². The van der Waals surface area contributed by atoms with Crippen molar-refractivity contribution in [3.8, 4) is 0 Å². The highest BCUT2D eigenvalue weighted by atomic mass is 19.1. The quantitative estimate of drug-likeness (QED) is 0.595. The molecule has 0 saturated heterocycles. The van der Waals surface area contributed by atoms with E-state index < -0.39 is 6.67 Å². The number of methoxy groups -OCH3 is 1. The zero-order chi connectivity index (χ0) is 12.1. The van der Waals surface area contributed by atoms with Crippen molar-refractivity contribution >= 4 is 5.84 Å². The summed E-state index contributed by atoms with van der Waals surface area (Å²) in [5, 5.41) is 7.27. The summed E-state index contributed by atoms with van der Waals surface area (Å²) in [4.78, 5) is 0. The summed E-state index contributed by atoms with van der Waals surface area (Å²) in [6.45, 7) is 1.38. The average Bonchev–Trinajstić information content (AvgIpc) is 2.30. The molecule has 0 aliphatic rings. The molecule has 0 unspecified atom stereocenters. The monoisotopic (exact) mass is 224 g/mol. The Hall–Kier alpha value is -1.42. The summed E-state index contributed by atoms with van der Waals surface area (Å²) < 4.78 is 17.8. The maximum Gasteiger partial charge on any atom is 0.122 e. The first kappa shape index (κ1) is 12.6. The van der Waals surface area contributed by atoms with Crippen LogP contribution < -0.4 is 5.73 Å². The molecule has 0 aliphatic carbocycles. The number of nitrogens with one attached hydrogen (secondary N) is 1. The molecule has 2 atom stereocenters. The van der Waals surface area contributed by atoms with Gasteiger partial charge in [-0.15, -0.1) is 0 Å². The summed E-state index contributed by atoms with van der Waals surface area (Å²) >= 11 is 0. The van der Waals surface area contributed by atoms with Crippen LogP contribution in [0.1, 0.15) is 24.2 Å². The maximum absolute atomic E-state index is 12.6. The number of ether oxygens (including phenoxy) is 1. The van der Waals surface area contributed by atoms with E-state index in [0.717, 1.165) is 5.56 Å². The molecule has 0 saturated carbocycles. The molecule has 88 valence electrons. The van der Waals surface area contributed by atoms with E-state index in [4.69, 9.17) is 15.9 Å². The smallest absolute Gasteiger partial charge is 0.122 e. The van der Waals surface area contributed by atoms with E-state index in [1.165, 1.54) is 0 Å². The van der Waals surface area contributed by atoms with Crippen LogP contribution in [0.25, 0.3) is 0 Å². The van der Waals surface area contributed by atoms with E-state index in [1.807, 2.05) is 12.1 Å². The Kier molecular flexibility index (Phi) is 4.43. The Bertz CT molecular complexity index is 351. The number of hydrogen-bond donors (Lipinski definition) is 2. The van der Waals surface area contributed by atoms with Gasteiger partial charge >= 0.3 is 0 Å². The van der Waals surface area contributed by atoms with Crippen LogP contribution in [-0.4, -0.2) is 19.6 Å². The second kappa shape index (κ2) is 5.61. The highest BCUT2D eigenvalue weighted by Crippen LogP contribution is 2.25. The van der Waals surface area contributed by atoms with Gasteiger partial charge in [-0.3, -0.25) is 9.80 Å². The molecule has 4 heteroatoms. The van der Waals surface area contributed by atoms with Crippen LogP contribution >= 0.6 is 0 Å². The molecule has 1 aromatic carbocycles. The molecule has 0 aromatic heterocycles. The zero-order valence-electron chi connectivity index (χ0n) is 9.53. The van der Waals surface area contributed by atoms with Crippen molar-refractivity contribution in [2.75, 3.05) is 13.8 Å². The van der Waals surface area contributed by atoms with Crippen molar-refractivity contribution < 1.29 is 9.13 Å². The van der Waals surface area contributed by atoms with Crippen molar-refractivity contribution in [1.82, 2.24) is 0 Å². The first-order valence-corrected chi connectivity index (χ1v) is 5.13. The molecule has 16 heavy (non-hydrogen) atoms. The number of nitrogens with two attached hydrogens (primary N) is 1. The minimum absolute atomic E-state index is 0.0269. The third-order valence-electron chi connectivity index (χ3n) is 2.56. The molecule has 0 amide bonds. The van der Waals surface area contributed by atoms with E-state index in [1.54, 1.807) is 26.2 Å². The molecule has 0 radical (unpaired) electrons. The van der Waals surface area contributed by atoms with Gasteiger partial charge in [-0.1, -0.05) is 31.2 Å². The number of hydrogen-bond acceptors (Lipinski definition) is 2. The van der Waals surface area contributed by atoms with E-state index in [-0.39, 0.29) is 17.9 Å². The highest BCUT2D eigenvalue weighted by molar-refractivity contribution is 5.94. The first-order chi connectivity index (χ1) is 7.60. The lowest BCUT2D eigenvalue weighted by Crippen LogP contribution is -2.15. The van der Waals surface area contributed by atoms with Crippen molar-refractivity contribution in [3.63, 3.8) is 0 Å². The fourth-order valence-electron chi connectivity index (χ4n) is 1.63. The maximum atomic E-state index is 12.6. The molecule has 0 heterocycles. The Labute approximate surface area is 94.9 Å². The van der Waals surface area contributed by atoms with E-state index in [2.05, 4.69) is 0 Å². The van der Waals surface area contributed by atoms with E-state index in [9.17, 15) is 4.39 Å². The molecule has 3 N–H and O–H groups in total. The third-order valence-corrected chi connectivity index (χ3v) is 2.56. The average molecular weight is 224 g/mol. The van der Waals surface area contributed by atoms with Crippen molar-refractivity contribution in [2.45, 2.75) is 13.0 Å². The molecule has 0 fully saturated rings. The number of alkyl halides is 1. The number of amidine groups is 1. The Morgan fingerprint density at radius 1 is 1.44 bits per heavy atom. The number of benzene rings is 1. The lowest BCUT2D eigenvalue weighted by atomic mass is 9.97. The van der Waals surface area contributed by atoms with Crippen LogP contribution in [0.4, 0.5) is 4.39 Å². The van der Waals surface area contributed by atoms with Crippen LogP contribution in [0.5, 0.6) is 0 Å². The molecule has 3 nitrogen and oxygen atoms in total. The second-order valence-corrected chi connectivity index (χ2v) is 3.82. The van der Waals surface area contributed by atoms with Gasteiger partial charge < -0.3 is 10.5 Å². The number of nitrogen functional groups attached to an aromatic ring is 1. The summed E-state index contributed by atoms with van der Waals surface area (Å²) in [6.07, 6.45) is -0.258. The molecule has 0 bridgehead atoms. The molecule has 0 spiro atoms. The third kappa shape index (κ3) is 2.79. The minimum Gasteiger partial charge on any atom is -0.384 e. The van der Waals surface area contributed by atoms with Crippen LogP contribution in [0.15, 0.2) is 24.3 Å². The van der Waals surface area contributed by atoms with Gasteiger partial charge in [-0.2, -0.15) is 0 Å². The fraction of sp³-hybridized carbons (Fsp3) is 0.417. The van der Waals surface area contributed by atoms with Gasteiger partial charge in [0.05, 0.1) is 12.8 Å². The van der Waals surface area contributed by atoms with Gasteiger partial charge in [0.15, 0.2) is 0 Å². The normalized spacial score (nSPS) is 14.4. The summed E-state index contributed by atoms with van der Waals surface area (Å²) in [5.74, 6) is -0.160. The van der Waals surface area contributed by atoms with Gasteiger partial charge in [0.25, 0.3) is 0 Å². The Balaban J connectivity index is 2.90. The molecule has 0 aliphatic heterocycles. The highest BCUT2D eigenvalue weighted by Gasteiger charge is 2.18. The lowest BCUT2D eigenvalue weighted by Gasteiger charge is -2.20. The standard InChI is InChI=1S/C12H17FN2O/c1-8(7-13)11(16-2)9-3-5-10(6-4-9)12(14)15/h3-6,8,11H,7H2,1-2H3,(H3,14,15)/t8-,11+/m1/s1. The summed E-state index contributed by atoms with van der Waals surface area (Å²) in [7, 11) is 1.57. The second-order valence-electron chi connectivity index (χ2n) is 3.82.